The van der Waals surface area contributed by atoms with Gasteiger partial charge in [0.2, 0.25) is 5.95 Å². The van der Waals surface area contributed by atoms with E-state index in [1.165, 1.54) is 0 Å². The van der Waals surface area contributed by atoms with Crippen molar-refractivity contribution in [1.82, 2.24) is 14.6 Å². The molecule has 5 nitrogen and oxygen atoms in total. The van der Waals surface area contributed by atoms with Gasteiger partial charge in [-0.3, -0.25) is 0 Å². The van der Waals surface area contributed by atoms with Crippen molar-refractivity contribution in [2.45, 2.75) is 26.4 Å². The van der Waals surface area contributed by atoms with Crippen LogP contribution in [0, 0.1) is 12.8 Å². The van der Waals surface area contributed by atoms with Crippen molar-refractivity contribution in [2.24, 2.45) is 5.92 Å². The lowest BCUT2D eigenvalue weighted by molar-refractivity contribution is 0.108. The largest absolute Gasteiger partial charge is 0.378 e. The average molecular weight is 246 g/mol. The smallest absolute Gasteiger partial charge is 0.243 e. The molecule has 5 heteroatoms. The van der Waals surface area contributed by atoms with Crippen molar-refractivity contribution in [3.63, 3.8) is 0 Å². The number of fused-ring (bicyclic) bond motifs is 1. The van der Waals surface area contributed by atoms with Gasteiger partial charge in [-0.05, 0) is 31.9 Å². The van der Waals surface area contributed by atoms with Gasteiger partial charge in [0, 0.05) is 25.3 Å². The zero-order chi connectivity index (χ0) is 12.5. The molecule has 1 aliphatic rings. The van der Waals surface area contributed by atoms with E-state index in [9.17, 15) is 0 Å². The number of nitrogens with zero attached hydrogens (tertiary/aromatic N) is 3. The van der Waals surface area contributed by atoms with Crippen LogP contribution in [0.25, 0.3) is 5.65 Å². The topological polar surface area (TPSA) is 51.5 Å². The fourth-order valence-corrected chi connectivity index (χ4v) is 2.38. The minimum atomic E-state index is 0.330. The second-order valence-corrected chi connectivity index (χ2v) is 4.90. The summed E-state index contributed by atoms with van der Waals surface area (Å²) < 4.78 is 7.36. The summed E-state index contributed by atoms with van der Waals surface area (Å²) in [5.74, 6) is 1.25. The minimum absolute atomic E-state index is 0.330. The van der Waals surface area contributed by atoms with Crippen LogP contribution in [0.3, 0.4) is 0 Å². The second-order valence-electron chi connectivity index (χ2n) is 4.90. The molecule has 0 saturated carbocycles. The summed E-state index contributed by atoms with van der Waals surface area (Å²) in [7, 11) is 0. The standard InChI is InChI=1S/C13H18N4O/c1-9-4-3-6-17-12(9)15-13(16-17)14-8-11-5-7-18-10(11)2/h3-4,6,10-11H,5,7-8H2,1-2H3,(H,14,16). The highest BCUT2D eigenvalue weighted by atomic mass is 16.5. The van der Waals surface area contributed by atoms with Gasteiger partial charge in [-0.2, -0.15) is 4.98 Å². The van der Waals surface area contributed by atoms with Crippen LogP contribution in [0.15, 0.2) is 18.3 Å². The summed E-state index contributed by atoms with van der Waals surface area (Å²) in [6.07, 6.45) is 3.36. The monoisotopic (exact) mass is 246 g/mol. The van der Waals surface area contributed by atoms with E-state index >= 15 is 0 Å². The van der Waals surface area contributed by atoms with E-state index in [4.69, 9.17) is 4.74 Å². The molecule has 0 aromatic carbocycles. The first-order chi connectivity index (χ1) is 8.74. The first-order valence-corrected chi connectivity index (χ1v) is 6.41. The van der Waals surface area contributed by atoms with Crippen LogP contribution in [0.2, 0.25) is 0 Å². The number of aryl methyl sites for hydroxylation is 1. The maximum absolute atomic E-state index is 5.55. The Labute approximate surface area is 106 Å². The third-order valence-corrected chi connectivity index (χ3v) is 3.61. The van der Waals surface area contributed by atoms with E-state index in [1.54, 1.807) is 0 Å². The Hall–Kier alpha value is -1.62. The fourth-order valence-electron chi connectivity index (χ4n) is 2.38. The van der Waals surface area contributed by atoms with E-state index in [1.807, 2.05) is 29.8 Å². The van der Waals surface area contributed by atoms with E-state index in [2.05, 4.69) is 22.3 Å². The summed E-state index contributed by atoms with van der Waals surface area (Å²) in [5, 5.41) is 7.72. The molecule has 2 aromatic rings. The normalized spacial score (nSPS) is 23.7. The molecule has 1 aliphatic heterocycles. The van der Waals surface area contributed by atoms with E-state index < -0.39 is 0 Å². The van der Waals surface area contributed by atoms with Gasteiger partial charge < -0.3 is 10.1 Å². The first-order valence-electron chi connectivity index (χ1n) is 6.41. The molecule has 0 bridgehead atoms. The maximum atomic E-state index is 5.55. The average Bonchev–Trinajstić information content (AvgIpc) is 2.93. The van der Waals surface area contributed by atoms with Gasteiger partial charge in [0.15, 0.2) is 5.65 Å². The van der Waals surface area contributed by atoms with Crippen LogP contribution in [0.1, 0.15) is 18.9 Å². The first kappa shape index (κ1) is 11.5. The lowest BCUT2D eigenvalue weighted by Crippen LogP contribution is -2.21. The van der Waals surface area contributed by atoms with Gasteiger partial charge in [0.25, 0.3) is 0 Å². The van der Waals surface area contributed by atoms with Crippen molar-refractivity contribution in [2.75, 3.05) is 18.5 Å². The molecular weight excluding hydrogens is 228 g/mol. The summed E-state index contributed by atoms with van der Waals surface area (Å²) in [6, 6.07) is 4.02. The summed E-state index contributed by atoms with van der Waals surface area (Å²) >= 11 is 0. The highest BCUT2D eigenvalue weighted by Crippen LogP contribution is 2.20. The molecule has 96 valence electrons. The molecule has 1 saturated heterocycles. The van der Waals surface area contributed by atoms with Gasteiger partial charge in [0.1, 0.15) is 0 Å². The van der Waals surface area contributed by atoms with Gasteiger partial charge in [-0.25, -0.2) is 4.52 Å². The van der Waals surface area contributed by atoms with E-state index in [-0.39, 0.29) is 0 Å². The second kappa shape index (κ2) is 4.57. The molecule has 18 heavy (non-hydrogen) atoms. The molecule has 2 unspecified atom stereocenters. The van der Waals surface area contributed by atoms with Crippen molar-refractivity contribution in [1.29, 1.82) is 0 Å². The van der Waals surface area contributed by atoms with Crippen molar-refractivity contribution in [3.05, 3.63) is 23.9 Å². The molecule has 1 fully saturated rings. The lowest BCUT2D eigenvalue weighted by Gasteiger charge is -2.13. The predicted molar refractivity (Wildman–Crippen MR) is 69.7 cm³/mol. The molecule has 2 atom stereocenters. The molecule has 2 aromatic heterocycles. The third-order valence-electron chi connectivity index (χ3n) is 3.61. The van der Waals surface area contributed by atoms with Gasteiger partial charge in [-0.1, -0.05) is 6.07 Å². The maximum Gasteiger partial charge on any atom is 0.243 e. The SMILES string of the molecule is Cc1cccn2nc(NCC3CCOC3C)nc12. The molecule has 0 radical (unpaired) electrons. The number of hydrogen-bond donors (Lipinski definition) is 1. The zero-order valence-electron chi connectivity index (χ0n) is 10.8. The van der Waals surface area contributed by atoms with Gasteiger partial charge >= 0.3 is 0 Å². The lowest BCUT2D eigenvalue weighted by atomic mass is 10.0. The Kier molecular flexibility index (Phi) is 2.91. The van der Waals surface area contributed by atoms with Crippen LogP contribution >= 0.6 is 0 Å². The van der Waals surface area contributed by atoms with Crippen LogP contribution in [-0.2, 0) is 4.74 Å². The number of anilines is 1. The molecule has 3 heterocycles. The summed E-state index contributed by atoms with van der Waals surface area (Å²) in [5.41, 5.74) is 2.05. The van der Waals surface area contributed by atoms with Gasteiger partial charge in [-0.15, -0.1) is 5.10 Å². The Morgan fingerprint density at radius 1 is 1.56 bits per heavy atom. The summed E-state index contributed by atoms with van der Waals surface area (Å²) in [6.45, 7) is 5.91. The molecule has 3 rings (SSSR count). The van der Waals surface area contributed by atoms with E-state index in [0.717, 1.165) is 30.8 Å². The van der Waals surface area contributed by atoms with Crippen LogP contribution in [0.5, 0.6) is 0 Å². The van der Waals surface area contributed by atoms with Crippen molar-refractivity contribution < 1.29 is 4.74 Å². The molecule has 0 amide bonds. The number of aromatic nitrogens is 3. The van der Waals surface area contributed by atoms with Crippen molar-refractivity contribution >= 4 is 11.6 Å². The number of rotatable bonds is 3. The highest BCUT2D eigenvalue weighted by Gasteiger charge is 2.24. The Morgan fingerprint density at radius 2 is 2.44 bits per heavy atom. The highest BCUT2D eigenvalue weighted by molar-refractivity contribution is 5.49. The van der Waals surface area contributed by atoms with Crippen LogP contribution < -0.4 is 5.32 Å². The fraction of sp³-hybridized carbons (Fsp3) is 0.538. The van der Waals surface area contributed by atoms with Crippen molar-refractivity contribution in [3.8, 4) is 0 Å². The predicted octanol–water partition coefficient (Wildman–Crippen LogP) is 1.87. The Bertz CT molecular complexity index is 551. The zero-order valence-corrected chi connectivity index (χ0v) is 10.8. The van der Waals surface area contributed by atoms with Crippen LogP contribution in [-0.4, -0.2) is 33.9 Å². The summed E-state index contributed by atoms with van der Waals surface area (Å²) in [4.78, 5) is 4.50. The number of nitrogens with one attached hydrogen (secondary N) is 1. The third kappa shape index (κ3) is 2.06. The molecular formula is C13H18N4O. The van der Waals surface area contributed by atoms with E-state index in [0.29, 0.717) is 18.0 Å². The number of ether oxygens (including phenoxy) is 1. The minimum Gasteiger partial charge on any atom is -0.378 e. The molecule has 1 N–H and O–H groups in total. The number of hydrogen-bond acceptors (Lipinski definition) is 4. The quantitative estimate of drug-likeness (QED) is 0.898. The Morgan fingerprint density at radius 3 is 3.17 bits per heavy atom. The van der Waals surface area contributed by atoms with Gasteiger partial charge in [0.05, 0.1) is 6.10 Å². The molecule has 0 spiro atoms. The van der Waals surface area contributed by atoms with Crippen LogP contribution in [0.4, 0.5) is 5.95 Å². The number of pyridine rings is 1. The Balaban J connectivity index is 1.73. The molecule has 0 aliphatic carbocycles.